The molecule has 0 aliphatic heterocycles. The molecule has 1 aliphatic rings. The van der Waals surface area contributed by atoms with E-state index in [1.165, 1.54) is 32.1 Å². The minimum Gasteiger partial charge on any atom is -0.311 e. The Morgan fingerprint density at radius 3 is 2.50 bits per heavy atom. The molecule has 0 bridgehead atoms. The Morgan fingerprint density at radius 2 is 1.93 bits per heavy atom. The molecule has 2 atom stereocenters. The van der Waals surface area contributed by atoms with E-state index in [2.05, 4.69) is 25.7 Å². The molecule has 1 heteroatoms. The van der Waals surface area contributed by atoms with E-state index in [9.17, 15) is 0 Å². The molecule has 1 fully saturated rings. The summed E-state index contributed by atoms with van der Waals surface area (Å²) < 4.78 is 0. The van der Waals surface area contributed by atoms with E-state index in [4.69, 9.17) is 0 Å². The Bertz CT molecular complexity index is 159. The highest BCUT2D eigenvalue weighted by Crippen LogP contribution is 2.26. The van der Waals surface area contributed by atoms with Gasteiger partial charge in [-0.1, -0.05) is 25.3 Å². The van der Waals surface area contributed by atoms with Crippen molar-refractivity contribution in [2.75, 3.05) is 0 Å². The summed E-state index contributed by atoms with van der Waals surface area (Å²) >= 11 is 0. The molecule has 0 heterocycles. The molecule has 82 valence electrons. The van der Waals surface area contributed by atoms with Crippen LogP contribution in [0, 0.1) is 5.92 Å². The van der Waals surface area contributed by atoms with Crippen LogP contribution in [0.2, 0.25) is 0 Å². The van der Waals surface area contributed by atoms with Crippen LogP contribution in [-0.4, -0.2) is 12.1 Å². The number of nitrogens with one attached hydrogen (secondary N) is 1. The van der Waals surface area contributed by atoms with Crippen LogP contribution >= 0.6 is 0 Å². The highest BCUT2D eigenvalue weighted by atomic mass is 14.9. The maximum absolute atomic E-state index is 3.78. The van der Waals surface area contributed by atoms with Gasteiger partial charge in [0.1, 0.15) is 0 Å². The predicted octanol–water partition coefficient (Wildman–Crippen LogP) is 3.51. The fourth-order valence-corrected chi connectivity index (χ4v) is 2.54. The molecule has 0 amide bonds. The molecule has 0 spiro atoms. The lowest BCUT2D eigenvalue weighted by Gasteiger charge is -2.30. The van der Waals surface area contributed by atoms with Gasteiger partial charge in [-0.15, -0.1) is 6.58 Å². The van der Waals surface area contributed by atoms with Crippen LogP contribution in [0.15, 0.2) is 12.7 Å². The van der Waals surface area contributed by atoms with Crippen LogP contribution in [0.1, 0.15) is 52.4 Å². The first-order chi connectivity index (χ1) is 6.74. The van der Waals surface area contributed by atoms with Gasteiger partial charge in [0, 0.05) is 12.1 Å². The summed E-state index contributed by atoms with van der Waals surface area (Å²) in [6.45, 7) is 8.37. The molecule has 1 rings (SSSR count). The van der Waals surface area contributed by atoms with Crippen molar-refractivity contribution in [1.29, 1.82) is 0 Å². The third-order valence-corrected chi connectivity index (χ3v) is 3.42. The molecular weight excluding hydrogens is 170 g/mol. The monoisotopic (exact) mass is 195 g/mol. The zero-order valence-corrected chi connectivity index (χ0v) is 9.76. The topological polar surface area (TPSA) is 12.0 Å². The van der Waals surface area contributed by atoms with E-state index >= 15 is 0 Å². The van der Waals surface area contributed by atoms with Crippen LogP contribution in [0.4, 0.5) is 0 Å². The van der Waals surface area contributed by atoms with E-state index in [0.717, 1.165) is 12.3 Å². The van der Waals surface area contributed by atoms with E-state index in [1.807, 2.05) is 6.08 Å². The maximum Gasteiger partial charge on any atom is 0.00757 e. The fraction of sp³-hybridized carbons (Fsp3) is 0.846. The van der Waals surface area contributed by atoms with Gasteiger partial charge >= 0.3 is 0 Å². The minimum atomic E-state index is 0.587. The lowest BCUT2D eigenvalue weighted by Crippen LogP contribution is -2.39. The molecule has 1 aliphatic carbocycles. The van der Waals surface area contributed by atoms with Gasteiger partial charge in [0.2, 0.25) is 0 Å². The average molecular weight is 195 g/mol. The zero-order chi connectivity index (χ0) is 10.4. The summed E-state index contributed by atoms with van der Waals surface area (Å²) in [4.78, 5) is 0. The Balaban J connectivity index is 2.24. The fourth-order valence-electron chi connectivity index (χ4n) is 2.54. The van der Waals surface area contributed by atoms with Crippen LogP contribution in [0.3, 0.4) is 0 Å². The largest absolute Gasteiger partial charge is 0.311 e. The third-order valence-electron chi connectivity index (χ3n) is 3.42. The third kappa shape index (κ3) is 3.83. The Kier molecular flexibility index (Phi) is 5.24. The predicted molar refractivity (Wildman–Crippen MR) is 63.4 cm³/mol. The Morgan fingerprint density at radius 1 is 1.29 bits per heavy atom. The first kappa shape index (κ1) is 11.8. The molecule has 1 N–H and O–H groups in total. The van der Waals surface area contributed by atoms with Crippen molar-refractivity contribution >= 4 is 0 Å². The summed E-state index contributed by atoms with van der Waals surface area (Å²) in [6.07, 6.45) is 10.3. The van der Waals surface area contributed by atoms with Gasteiger partial charge in [0.05, 0.1) is 0 Å². The van der Waals surface area contributed by atoms with Crippen LogP contribution in [0.5, 0.6) is 0 Å². The second-order valence-electron chi connectivity index (χ2n) is 4.78. The van der Waals surface area contributed by atoms with Gasteiger partial charge in [-0.25, -0.2) is 0 Å². The number of hydrogen-bond donors (Lipinski definition) is 1. The van der Waals surface area contributed by atoms with Crippen molar-refractivity contribution < 1.29 is 0 Å². The second kappa shape index (κ2) is 6.23. The minimum absolute atomic E-state index is 0.587. The molecule has 0 saturated heterocycles. The highest BCUT2D eigenvalue weighted by molar-refractivity contribution is 4.81. The van der Waals surface area contributed by atoms with Gasteiger partial charge in [-0.2, -0.15) is 0 Å². The average Bonchev–Trinajstić information content (AvgIpc) is 2.19. The van der Waals surface area contributed by atoms with Gasteiger partial charge < -0.3 is 5.32 Å². The quantitative estimate of drug-likeness (QED) is 0.662. The maximum atomic E-state index is 3.78. The van der Waals surface area contributed by atoms with Crippen molar-refractivity contribution in [2.24, 2.45) is 5.92 Å². The van der Waals surface area contributed by atoms with Crippen LogP contribution < -0.4 is 5.32 Å². The molecule has 1 saturated carbocycles. The summed E-state index contributed by atoms with van der Waals surface area (Å²) in [5.41, 5.74) is 0. The normalized spacial score (nSPS) is 23.0. The van der Waals surface area contributed by atoms with Crippen molar-refractivity contribution in [3.8, 4) is 0 Å². The zero-order valence-electron chi connectivity index (χ0n) is 9.76. The molecule has 0 aromatic carbocycles. The van der Waals surface area contributed by atoms with Gasteiger partial charge in [0.25, 0.3) is 0 Å². The van der Waals surface area contributed by atoms with E-state index < -0.39 is 0 Å². The first-order valence-electron chi connectivity index (χ1n) is 6.11. The van der Waals surface area contributed by atoms with Crippen LogP contribution in [0.25, 0.3) is 0 Å². The second-order valence-corrected chi connectivity index (χ2v) is 4.78. The summed E-state index contributed by atoms with van der Waals surface area (Å²) in [7, 11) is 0. The van der Waals surface area contributed by atoms with Crippen molar-refractivity contribution in [3.63, 3.8) is 0 Å². The van der Waals surface area contributed by atoms with Crippen molar-refractivity contribution in [3.05, 3.63) is 12.7 Å². The van der Waals surface area contributed by atoms with E-state index in [1.54, 1.807) is 0 Å². The first-order valence-corrected chi connectivity index (χ1v) is 6.11. The highest BCUT2D eigenvalue weighted by Gasteiger charge is 2.20. The summed E-state index contributed by atoms with van der Waals surface area (Å²) in [5, 5.41) is 3.68. The molecular formula is C13H25N. The number of rotatable bonds is 5. The standard InChI is InChI=1S/C13H25N/c1-4-8-11(2)14-12(3)13-9-6-5-7-10-13/h4,11-14H,1,5-10H2,2-3H3. The molecule has 0 aromatic heterocycles. The molecule has 0 aromatic rings. The number of hydrogen-bond acceptors (Lipinski definition) is 1. The lowest BCUT2D eigenvalue weighted by molar-refractivity contribution is 0.267. The molecule has 2 unspecified atom stereocenters. The Hall–Kier alpha value is -0.300. The van der Waals surface area contributed by atoms with Gasteiger partial charge in [0.15, 0.2) is 0 Å². The molecule has 1 nitrogen and oxygen atoms in total. The van der Waals surface area contributed by atoms with Crippen LogP contribution in [-0.2, 0) is 0 Å². The summed E-state index contributed by atoms with van der Waals surface area (Å²) in [5.74, 6) is 0.913. The smallest absolute Gasteiger partial charge is 0.00757 e. The van der Waals surface area contributed by atoms with E-state index in [-0.39, 0.29) is 0 Å². The van der Waals surface area contributed by atoms with E-state index in [0.29, 0.717) is 12.1 Å². The SMILES string of the molecule is C=CCC(C)NC(C)C1CCCCC1. The molecule has 14 heavy (non-hydrogen) atoms. The summed E-state index contributed by atoms with van der Waals surface area (Å²) in [6, 6.07) is 1.27. The molecule has 0 radical (unpaired) electrons. The van der Waals surface area contributed by atoms with Gasteiger partial charge in [-0.3, -0.25) is 0 Å². The van der Waals surface area contributed by atoms with Crippen molar-refractivity contribution in [2.45, 2.75) is 64.5 Å². The van der Waals surface area contributed by atoms with Gasteiger partial charge in [-0.05, 0) is 39.0 Å². The van der Waals surface area contributed by atoms with Crippen molar-refractivity contribution in [1.82, 2.24) is 5.32 Å². The lowest BCUT2D eigenvalue weighted by atomic mass is 9.84. The Labute approximate surface area is 89.0 Å².